The lowest BCUT2D eigenvalue weighted by Gasteiger charge is -2.16. The maximum Gasteiger partial charge on any atom is 0.326 e. The monoisotopic (exact) mass is 293 g/mol. The minimum absolute atomic E-state index is 0.0298. The number of carboxylic acids is 1. The number of methoxy groups -OCH3 is 1. The number of carbonyl (C=O) groups is 1. The molecule has 1 aromatic carbocycles. The van der Waals surface area contributed by atoms with Gasteiger partial charge in [-0.3, -0.25) is 10.1 Å². The van der Waals surface area contributed by atoms with E-state index in [4.69, 9.17) is 15.1 Å². The highest BCUT2D eigenvalue weighted by Gasteiger charge is 2.19. The molecule has 8 heteroatoms. The summed E-state index contributed by atoms with van der Waals surface area (Å²) in [5.41, 5.74) is 0.0680. The number of non-ortho nitro benzene ring substituents is 1. The van der Waals surface area contributed by atoms with Gasteiger partial charge in [-0.15, -0.1) is 0 Å². The fourth-order valence-electron chi connectivity index (χ4n) is 1.74. The zero-order valence-electron chi connectivity index (χ0n) is 11.4. The van der Waals surface area contributed by atoms with Gasteiger partial charge in [-0.1, -0.05) is 0 Å². The number of benzene rings is 1. The number of nitro groups is 1. The molecule has 0 spiro atoms. The standard InChI is InChI=1S/C13H15N3O5/c1-21-6-2-3-12(13(17)18)15-11-5-4-10(16(19)20)7-9(11)8-14/h4-5,7,12,15H,2-3,6H2,1H3,(H,17,18). The van der Waals surface area contributed by atoms with Crippen LogP contribution in [-0.4, -0.2) is 35.8 Å². The first-order valence-electron chi connectivity index (χ1n) is 6.16. The van der Waals surface area contributed by atoms with Crippen molar-refractivity contribution in [2.24, 2.45) is 0 Å². The number of rotatable bonds is 8. The van der Waals surface area contributed by atoms with Crippen LogP contribution in [0.2, 0.25) is 0 Å². The third kappa shape index (κ3) is 4.74. The third-order valence-corrected chi connectivity index (χ3v) is 2.80. The predicted molar refractivity (Wildman–Crippen MR) is 74.0 cm³/mol. The highest BCUT2D eigenvalue weighted by molar-refractivity contribution is 5.78. The minimum Gasteiger partial charge on any atom is -0.480 e. The first-order valence-corrected chi connectivity index (χ1v) is 6.16. The van der Waals surface area contributed by atoms with Crippen LogP contribution in [0.3, 0.4) is 0 Å². The summed E-state index contributed by atoms with van der Waals surface area (Å²) < 4.78 is 4.86. The maximum atomic E-state index is 11.2. The number of nitrogens with one attached hydrogen (secondary N) is 1. The van der Waals surface area contributed by atoms with Crippen molar-refractivity contribution < 1.29 is 19.6 Å². The summed E-state index contributed by atoms with van der Waals surface area (Å²) in [4.78, 5) is 21.2. The lowest BCUT2D eigenvalue weighted by atomic mass is 10.1. The van der Waals surface area contributed by atoms with E-state index in [1.54, 1.807) is 0 Å². The van der Waals surface area contributed by atoms with Crippen molar-refractivity contribution in [3.8, 4) is 6.07 Å². The summed E-state index contributed by atoms with van der Waals surface area (Å²) in [5, 5.41) is 31.5. The summed E-state index contributed by atoms with van der Waals surface area (Å²) in [5.74, 6) is -1.06. The summed E-state index contributed by atoms with van der Waals surface area (Å²) >= 11 is 0. The van der Waals surface area contributed by atoms with Gasteiger partial charge in [0.2, 0.25) is 0 Å². The van der Waals surface area contributed by atoms with Gasteiger partial charge in [-0.2, -0.15) is 5.26 Å². The molecule has 0 saturated heterocycles. The van der Waals surface area contributed by atoms with Gasteiger partial charge < -0.3 is 15.2 Å². The lowest BCUT2D eigenvalue weighted by molar-refractivity contribution is -0.384. The molecular weight excluding hydrogens is 278 g/mol. The summed E-state index contributed by atoms with van der Waals surface area (Å²) in [6, 6.07) is 4.59. The normalized spacial score (nSPS) is 11.4. The van der Waals surface area contributed by atoms with Crippen LogP contribution in [0.1, 0.15) is 18.4 Å². The van der Waals surface area contributed by atoms with E-state index >= 15 is 0 Å². The van der Waals surface area contributed by atoms with Gasteiger partial charge in [0.1, 0.15) is 12.1 Å². The van der Waals surface area contributed by atoms with Gasteiger partial charge >= 0.3 is 5.97 Å². The summed E-state index contributed by atoms with van der Waals surface area (Å²) in [6.07, 6.45) is 0.848. The van der Waals surface area contributed by atoms with Crippen LogP contribution >= 0.6 is 0 Å². The van der Waals surface area contributed by atoms with Crippen LogP contribution in [0.5, 0.6) is 0 Å². The number of hydrogen-bond donors (Lipinski definition) is 2. The Morgan fingerprint density at radius 1 is 1.62 bits per heavy atom. The molecular formula is C13H15N3O5. The second-order valence-corrected chi connectivity index (χ2v) is 4.27. The zero-order valence-corrected chi connectivity index (χ0v) is 11.4. The SMILES string of the molecule is COCCCC(Nc1ccc([N+](=O)[O-])cc1C#N)C(=O)O. The summed E-state index contributed by atoms with van der Waals surface area (Å²) in [6.45, 7) is 0.427. The van der Waals surface area contributed by atoms with Gasteiger partial charge in [0.15, 0.2) is 0 Å². The fourth-order valence-corrected chi connectivity index (χ4v) is 1.74. The molecule has 0 fully saturated rings. The molecule has 21 heavy (non-hydrogen) atoms. The molecule has 0 aliphatic rings. The van der Waals surface area contributed by atoms with E-state index in [9.17, 15) is 14.9 Å². The predicted octanol–water partition coefficient (Wildman–Crippen LogP) is 1.76. The van der Waals surface area contributed by atoms with Crippen molar-refractivity contribution >= 4 is 17.3 Å². The fraction of sp³-hybridized carbons (Fsp3) is 0.385. The van der Waals surface area contributed by atoms with Gasteiger partial charge in [-0.25, -0.2) is 4.79 Å². The Balaban J connectivity index is 2.91. The largest absolute Gasteiger partial charge is 0.480 e. The zero-order chi connectivity index (χ0) is 15.8. The Bertz CT molecular complexity index is 567. The Labute approximate surface area is 121 Å². The molecule has 0 heterocycles. The van der Waals surface area contributed by atoms with Crippen molar-refractivity contribution in [2.45, 2.75) is 18.9 Å². The smallest absolute Gasteiger partial charge is 0.326 e. The van der Waals surface area contributed by atoms with E-state index < -0.39 is 16.9 Å². The quantitative estimate of drug-likeness (QED) is 0.425. The molecule has 0 aliphatic heterocycles. The molecule has 1 aromatic rings. The van der Waals surface area contributed by atoms with Gasteiger partial charge in [0.25, 0.3) is 5.69 Å². The Kier molecular flexibility index (Phi) is 6.10. The number of ether oxygens (including phenoxy) is 1. The van der Waals surface area contributed by atoms with Crippen molar-refractivity contribution in [1.82, 2.24) is 0 Å². The van der Waals surface area contributed by atoms with Crippen LogP contribution in [-0.2, 0) is 9.53 Å². The highest BCUT2D eigenvalue weighted by atomic mass is 16.6. The number of nitriles is 1. The Morgan fingerprint density at radius 3 is 2.86 bits per heavy atom. The van der Waals surface area contributed by atoms with E-state index in [2.05, 4.69) is 5.32 Å². The summed E-state index contributed by atoms with van der Waals surface area (Å²) in [7, 11) is 1.52. The highest BCUT2D eigenvalue weighted by Crippen LogP contribution is 2.22. The number of nitro benzene ring substituents is 1. The van der Waals surface area contributed by atoms with E-state index in [1.807, 2.05) is 6.07 Å². The van der Waals surface area contributed by atoms with Crippen LogP contribution in [0.25, 0.3) is 0 Å². The van der Waals surface area contributed by atoms with Gasteiger partial charge in [-0.05, 0) is 18.9 Å². The second kappa shape index (κ2) is 7.81. The number of anilines is 1. The molecule has 0 bridgehead atoms. The minimum atomic E-state index is -1.06. The van der Waals surface area contributed by atoms with Crippen molar-refractivity contribution in [1.29, 1.82) is 5.26 Å². The molecule has 2 N–H and O–H groups in total. The van der Waals surface area contributed by atoms with E-state index in [0.717, 1.165) is 6.07 Å². The average Bonchev–Trinajstić information content (AvgIpc) is 2.46. The topological polar surface area (TPSA) is 125 Å². The molecule has 0 saturated carbocycles. The van der Waals surface area contributed by atoms with Gasteiger partial charge in [0.05, 0.1) is 16.2 Å². The second-order valence-electron chi connectivity index (χ2n) is 4.27. The van der Waals surface area contributed by atoms with E-state index in [1.165, 1.54) is 19.2 Å². The van der Waals surface area contributed by atoms with Crippen molar-refractivity contribution in [2.75, 3.05) is 19.0 Å². The van der Waals surface area contributed by atoms with Crippen LogP contribution in [0.4, 0.5) is 11.4 Å². The molecule has 0 aliphatic carbocycles. The Hall–Kier alpha value is -2.66. The molecule has 0 radical (unpaired) electrons. The van der Waals surface area contributed by atoms with Crippen LogP contribution in [0, 0.1) is 21.4 Å². The molecule has 1 rings (SSSR count). The number of hydrogen-bond acceptors (Lipinski definition) is 6. The first-order chi connectivity index (χ1) is 9.99. The average molecular weight is 293 g/mol. The third-order valence-electron chi connectivity index (χ3n) is 2.80. The lowest BCUT2D eigenvalue weighted by Crippen LogP contribution is -2.29. The molecule has 8 nitrogen and oxygen atoms in total. The number of aliphatic carboxylic acids is 1. The van der Waals surface area contributed by atoms with Crippen molar-refractivity contribution in [3.05, 3.63) is 33.9 Å². The molecule has 1 unspecified atom stereocenters. The van der Waals surface area contributed by atoms with Crippen LogP contribution < -0.4 is 5.32 Å². The maximum absolute atomic E-state index is 11.2. The number of nitrogens with zero attached hydrogens (tertiary/aromatic N) is 2. The van der Waals surface area contributed by atoms with E-state index in [-0.39, 0.29) is 16.9 Å². The molecule has 1 atom stereocenters. The van der Waals surface area contributed by atoms with E-state index in [0.29, 0.717) is 19.4 Å². The van der Waals surface area contributed by atoms with Gasteiger partial charge in [0, 0.05) is 25.8 Å². The first kappa shape index (κ1) is 16.4. The Morgan fingerprint density at radius 2 is 2.33 bits per heavy atom. The van der Waals surface area contributed by atoms with Crippen molar-refractivity contribution in [3.63, 3.8) is 0 Å². The molecule has 0 amide bonds. The molecule has 112 valence electrons. The molecule has 0 aromatic heterocycles. The number of carboxylic acid groups (broad SMARTS) is 1. The van der Waals surface area contributed by atoms with Crippen LogP contribution in [0.15, 0.2) is 18.2 Å².